The maximum absolute atomic E-state index is 11.9. The molecule has 4 nitrogen and oxygen atoms in total. The van der Waals surface area contributed by atoms with Gasteiger partial charge in [0.1, 0.15) is 5.69 Å². The fraction of sp³-hybridized carbons (Fsp3) is 0.571. The number of aromatic nitrogens is 1. The maximum atomic E-state index is 11.9. The van der Waals surface area contributed by atoms with Crippen molar-refractivity contribution in [3.63, 3.8) is 0 Å². The molecule has 1 aliphatic carbocycles. The smallest absolute Gasteiger partial charge is 0.269 e. The molecule has 6 heteroatoms. The minimum atomic E-state index is -0.0853. The molecule has 1 fully saturated rings. The van der Waals surface area contributed by atoms with Crippen LogP contribution in [0, 0.1) is 12.8 Å². The van der Waals surface area contributed by atoms with E-state index in [0.29, 0.717) is 24.2 Å². The molecule has 1 saturated carbocycles. The Morgan fingerprint density at radius 1 is 1.40 bits per heavy atom. The number of hydrogen-bond donors (Lipinski definition) is 2. The van der Waals surface area contributed by atoms with Crippen LogP contribution in [-0.2, 0) is 0 Å². The van der Waals surface area contributed by atoms with Crippen molar-refractivity contribution < 1.29 is 4.79 Å². The van der Waals surface area contributed by atoms with Gasteiger partial charge in [0, 0.05) is 18.3 Å². The SMILES string of the molecule is Cc1cccc(C(=O)NCC2CCCC(N)C2)n1.Cl.Cl. The summed E-state index contributed by atoms with van der Waals surface area (Å²) >= 11 is 0. The van der Waals surface area contributed by atoms with Gasteiger partial charge in [-0.15, -0.1) is 24.8 Å². The Kier molecular flexibility index (Phi) is 8.78. The van der Waals surface area contributed by atoms with Crippen molar-refractivity contribution in [1.82, 2.24) is 10.3 Å². The summed E-state index contributed by atoms with van der Waals surface area (Å²) < 4.78 is 0. The average molecular weight is 320 g/mol. The zero-order valence-corrected chi connectivity index (χ0v) is 13.3. The molecule has 0 bridgehead atoms. The van der Waals surface area contributed by atoms with Gasteiger partial charge in [-0.3, -0.25) is 4.79 Å². The van der Waals surface area contributed by atoms with Gasteiger partial charge < -0.3 is 11.1 Å². The molecule has 0 spiro atoms. The maximum Gasteiger partial charge on any atom is 0.269 e. The number of amides is 1. The van der Waals surface area contributed by atoms with Crippen LogP contribution in [-0.4, -0.2) is 23.5 Å². The predicted octanol–water partition coefficient (Wildman–Crippen LogP) is 2.48. The van der Waals surface area contributed by atoms with E-state index in [9.17, 15) is 4.79 Å². The summed E-state index contributed by atoms with van der Waals surface area (Å²) in [5.41, 5.74) is 7.30. The summed E-state index contributed by atoms with van der Waals surface area (Å²) in [4.78, 5) is 16.1. The highest BCUT2D eigenvalue weighted by Gasteiger charge is 2.19. The molecule has 0 aliphatic heterocycles. The van der Waals surface area contributed by atoms with Crippen LogP contribution in [0.5, 0.6) is 0 Å². The van der Waals surface area contributed by atoms with Gasteiger partial charge in [0.15, 0.2) is 0 Å². The van der Waals surface area contributed by atoms with Crippen LogP contribution in [0.4, 0.5) is 0 Å². The highest BCUT2D eigenvalue weighted by atomic mass is 35.5. The third-order valence-corrected chi connectivity index (χ3v) is 3.50. The third kappa shape index (κ3) is 5.65. The molecule has 0 radical (unpaired) electrons. The molecule has 20 heavy (non-hydrogen) atoms. The molecular weight excluding hydrogens is 297 g/mol. The summed E-state index contributed by atoms with van der Waals surface area (Å²) in [6.07, 6.45) is 4.46. The second-order valence-electron chi connectivity index (χ2n) is 5.17. The molecule has 114 valence electrons. The number of hydrogen-bond acceptors (Lipinski definition) is 3. The van der Waals surface area contributed by atoms with Gasteiger partial charge >= 0.3 is 0 Å². The van der Waals surface area contributed by atoms with Crippen molar-refractivity contribution in [2.24, 2.45) is 11.7 Å². The van der Waals surface area contributed by atoms with Crippen LogP contribution in [0.1, 0.15) is 41.9 Å². The summed E-state index contributed by atoms with van der Waals surface area (Å²) in [7, 11) is 0. The molecule has 2 atom stereocenters. The highest BCUT2D eigenvalue weighted by Crippen LogP contribution is 2.22. The topological polar surface area (TPSA) is 68.0 Å². The lowest BCUT2D eigenvalue weighted by atomic mass is 9.86. The van der Waals surface area contributed by atoms with E-state index in [1.807, 2.05) is 19.1 Å². The summed E-state index contributed by atoms with van der Waals surface area (Å²) in [5.74, 6) is 0.431. The van der Waals surface area contributed by atoms with Crippen LogP contribution >= 0.6 is 24.8 Å². The summed E-state index contributed by atoms with van der Waals surface area (Å²) in [6.45, 7) is 2.60. The zero-order chi connectivity index (χ0) is 13.0. The Morgan fingerprint density at radius 2 is 2.15 bits per heavy atom. The second kappa shape index (κ2) is 9.16. The molecule has 0 saturated heterocycles. The van der Waals surface area contributed by atoms with Crippen LogP contribution in [0.2, 0.25) is 0 Å². The first kappa shape index (κ1) is 19.2. The zero-order valence-electron chi connectivity index (χ0n) is 11.7. The van der Waals surface area contributed by atoms with Crippen LogP contribution in [0.3, 0.4) is 0 Å². The first-order chi connectivity index (χ1) is 8.65. The van der Waals surface area contributed by atoms with E-state index in [4.69, 9.17) is 5.73 Å². The minimum Gasteiger partial charge on any atom is -0.350 e. The lowest BCUT2D eigenvalue weighted by Crippen LogP contribution is -2.35. The van der Waals surface area contributed by atoms with Crippen molar-refractivity contribution in [1.29, 1.82) is 0 Å². The standard InChI is InChI=1S/C14H21N3O.2ClH/c1-10-4-2-7-13(17-10)14(18)16-9-11-5-3-6-12(15)8-11;;/h2,4,7,11-12H,3,5-6,8-9,15H2,1H3,(H,16,18);2*1H. The van der Waals surface area contributed by atoms with Crippen molar-refractivity contribution in [3.8, 4) is 0 Å². The van der Waals surface area contributed by atoms with E-state index in [2.05, 4.69) is 10.3 Å². The largest absolute Gasteiger partial charge is 0.350 e. The quantitative estimate of drug-likeness (QED) is 0.899. The Bertz CT molecular complexity index is 429. The van der Waals surface area contributed by atoms with E-state index in [-0.39, 0.29) is 30.7 Å². The number of nitrogens with zero attached hydrogens (tertiary/aromatic N) is 1. The number of rotatable bonds is 3. The molecule has 3 N–H and O–H groups in total. The fourth-order valence-electron chi connectivity index (χ4n) is 2.52. The molecule has 2 unspecified atom stereocenters. The Hall–Kier alpha value is -0.840. The number of aryl methyl sites for hydroxylation is 1. The monoisotopic (exact) mass is 319 g/mol. The molecule has 2 rings (SSSR count). The molecule has 1 aromatic rings. The predicted molar refractivity (Wildman–Crippen MR) is 85.7 cm³/mol. The molecular formula is C14H23Cl2N3O. The number of nitrogens with two attached hydrogens (primary N) is 1. The van der Waals surface area contributed by atoms with E-state index in [0.717, 1.165) is 25.0 Å². The first-order valence-corrected chi connectivity index (χ1v) is 6.62. The van der Waals surface area contributed by atoms with Gasteiger partial charge in [0.05, 0.1) is 0 Å². The van der Waals surface area contributed by atoms with Crippen molar-refractivity contribution in [2.45, 2.75) is 38.6 Å². The average Bonchev–Trinajstić information content (AvgIpc) is 2.36. The van der Waals surface area contributed by atoms with Crippen LogP contribution in [0.25, 0.3) is 0 Å². The number of carbonyl (C=O) groups is 1. The van der Waals surface area contributed by atoms with Crippen molar-refractivity contribution in [3.05, 3.63) is 29.6 Å². The number of nitrogens with one attached hydrogen (secondary N) is 1. The second-order valence-corrected chi connectivity index (χ2v) is 5.17. The van der Waals surface area contributed by atoms with Crippen LogP contribution < -0.4 is 11.1 Å². The molecule has 1 heterocycles. The van der Waals surface area contributed by atoms with Gasteiger partial charge in [-0.05, 0) is 44.2 Å². The van der Waals surface area contributed by atoms with Gasteiger partial charge in [-0.2, -0.15) is 0 Å². The molecule has 1 aliphatic rings. The molecule has 1 amide bonds. The van der Waals surface area contributed by atoms with Gasteiger partial charge in [0.2, 0.25) is 0 Å². The van der Waals surface area contributed by atoms with Gasteiger partial charge in [0.25, 0.3) is 5.91 Å². The Balaban J connectivity index is 0.00000180. The number of halogens is 2. The first-order valence-electron chi connectivity index (χ1n) is 6.62. The Morgan fingerprint density at radius 3 is 2.80 bits per heavy atom. The van der Waals surface area contributed by atoms with Crippen molar-refractivity contribution >= 4 is 30.7 Å². The normalized spacial score (nSPS) is 21.3. The number of pyridine rings is 1. The van der Waals surface area contributed by atoms with Gasteiger partial charge in [-0.1, -0.05) is 12.5 Å². The van der Waals surface area contributed by atoms with E-state index in [1.165, 1.54) is 6.42 Å². The van der Waals surface area contributed by atoms with Crippen LogP contribution in [0.15, 0.2) is 18.2 Å². The van der Waals surface area contributed by atoms with Gasteiger partial charge in [-0.25, -0.2) is 4.98 Å². The lowest BCUT2D eigenvalue weighted by molar-refractivity contribution is 0.0937. The fourth-order valence-corrected chi connectivity index (χ4v) is 2.52. The molecule has 0 aromatic carbocycles. The van der Waals surface area contributed by atoms with E-state index >= 15 is 0 Å². The van der Waals surface area contributed by atoms with Crippen molar-refractivity contribution in [2.75, 3.05) is 6.54 Å². The third-order valence-electron chi connectivity index (χ3n) is 3.50. The lowest BCUT2D eigenvalue weighted by Gasteiger charge is -2.26. The van der Waals surface area contributed by atoms with E-state index < -0.39 is 0 Å². The summed E-state index contributed by atoms with van der Waals surface area (Å²) in [6, 6.07) is 5.79. The van der Waals surface area contributed by atoms with E-state index in [1.54, 1.807) is 6.07 Å². The highest BCUT2D eigenvalue weighted by molar-refractivity contribution is 5.92. The summed E-state index contributed by atoms with van der Waals surface area (Å²) in [5, 5.41) is 2.96. The molecule has 1 aromatic heterocycles. The number of carbonyl (C=O) groups excluding carboxylic acids is 1. The Labute approximate surface area is 132 Å². The minimum absolute atomic E-state index is 0.